The molecular formula is C20H19N3O3. The summed E-state index contributed by atoms with van der Waals surface area (Å²) in [4.78, 5) is 25.8. The Balaban J connectivity index is 1.58. The number of nitriles is 1. The Morgan fingerprint density at radius 2 is 1.88 bits per heavy atom. The maximum atomic E-state index is 12.3. The molecule has 1 N–H and O–H groups in total. The van der Waals surface area contributed by atoms with E-state index in [0.29, 0.717) is 23.4 Å². The first-order chi connectivity index (χ1) is 12.6. The molecule has 0 spiro atoms. The highest BCUT2D eigenvalue weighted by molar-refractivity contribution is 5.96. The van der Waals surface area contributed by atoms with Crippen molar-refractivity contribution in [2.75, 3.05) is 16.8 Å². The van der Waals surface area contributed by atoms with Gasteiger partial charge in [-0.2, -0.15) is 5.26 Å². The van der Waals surface area contributed by atoms with Crippen LogP contribution in [0.25, 0.3) is 0 Å². The lowest BCUT2D eigenvalue weighted by Gasteiger charge is -2.17. The van der Waals surface area contributed by atoms with Gasteiger partial charge in [0.05, 0.1) is 11.6 Å². The summed E-state index contributed by atoms with van der Waals surface area (Å²) in [6.45, 7) is 2.39. The Morgan fingerprint density at radius 1 is 1.19 bits per heavy atom. The van der Waals surface area contributed by atoms with E-state index >= 15 is 0 Å². The largest absolute Gasteiger partial charge is 0.481 e. The second kappa shape index (κ2) is 7.70. The lowest BCUT2D eigenvalue weighted by molar-refractivity contribution is -0.122. The Kier molecular flexibility index (Phi) is 5.18. The highest BCUT2D eigenvalue weighted by atomic mass is 16.5. The van der Waals surface area contributed by atoms with Crippen LogP contribution in [0.3, 0.4) is 0 Å². The summed E-state index contributed by atoms with van der Waals surface area (Å²) in [5.74, 6) is 0.375. The number of nitrogens with one attached hydrogen (secondary N) is 1. The fourth-order valence-electron chi connectivity index (χ4n) is 2.76. The summed E-state index contributed by atoms with van der Waals surface area (Å²) in [6, 6.07) is 15.8. The average Bonchev–Trinajstić information content (AvgIpc) is 3.09. The predicted octanol–water partition coefficient (Wildman–Crippen LogP) is 3.09. The van der Waals surface area contributed by atoms with Crippen molar-refractivity contribution < 1.29 is 14.3 Å². The van der Waals surface area contributed by atoms with Gasteiger partial charge in [0.1, 0.15) is 5.75 Å². The fourth-order valence-corrected chi connectivity index (χ4v) is 2.76. The SMILES string of the molecule is C[C@@H](Oc1ccc(C#N)cc1)C(=O)Nc1ccc(N2CCCC2=O)cc1. The highest BCUT2D eigenvalue weighted by Crippen LogP contribution is 2.23. The van der Waals surface area contributed by atoms with Crippen molar-refractivity contribution in [3.8, 4) is 11.8 Å². The molecular weight excluding hydrogens is 330 g/mol. The van der Waals surface area contributed by atoms with E-state index in [4.69, 9.17) is 10.00 Å². The van der Waals surface area contributed by atoms with Crippen molar-refractivity contribution >= 4 is 23.2 Å². The van der Waals surface area contributed by atoms with E-state index in [-0.39, 0.29) is 11.8 Å². The monoisotopic (exact) mass is 349 g/mol. The third kappa shape index (κ3) is 4.01. The van der Waals surface area contributed by atoms with Gasteiger partial charge in [0, 0.05) is 24.3 Å². The third-order valence-corrected chi connectivity index (χ3v) is 4.19. The Labute approximate surface area is 152 Å². The van der Waals surface area contributed by atoms with E-state index in [0.717, 1.165) is 18.7 Å². The third-order valence-electron chi connectivity index (χ3n) is 4.19. The summed E-state index contributed by atoms with van der Waals surface area (Å²) in [7, 11) is 0. The summed E-state index contributed by atoms with van der Waals surface area (Å²) < 4.78 is 5.59. The smallest absolute Gasteiger partial charge is 0.265 e. The van der Waals surface area contributed by atoms with Crippen LogP contribution in [0.4, 0.5) is 11.4 Å². The summed E-state index contributed by atoms with van der Waals surface area (Å²) in [6.07, 6.45) is 0.771. The molecule has 0 unspecified atom stereocenters. The number of hydrogen-bond donors (Lipinski definition) is 1. The number of carbonyl (C=O) groups excluding carboxylic acids is 2. The van der Waals surface area contributed by atoms with Gasteiger partial charge in [-0.25, -0.2) is 0 Å². The van der Waals surface area contributed by atoms with E-state index in [9.17, 15) is 9.59 Å². The highest BCUT2D eigenvalue weighted by Gasteiger charge is 2.21. The van der Waals surface area contributed by atoms with Crippen LogP contribution in [0.5, 0.6) is 5.75 Å². The van der Waals surface area contributed by atoms with E-state index in [1.807, 2.05) is 18.2 Å². The van der Waals surface area contributed by atoms with E-state index in [1.165, 1.54) is 0 Å². The minimum Gasteiger partial charge on any atom is -0.481 e. The van der Waals surface area contributed by atoms with Gasteiger partial charge in [-0.05, 0) is 61.9 Å². The topological polar surface area (TPSA) is 82.4 Å². The van der Waals surface area contributed by atoms with Crippen molar-refractivity contribution in [3.05, 3.63) is 54.1 Å². The minimum atomic E-state index is -0.692. The molecule has 2 amide bonds. The molecule has 2 aromatic rings. The first-order valence-corrected chi connectivity index (χ1v) is 8.45. The maximum absolute atomic E-state index is 12.3. The number of ether oxygens (including phenoxy) is 1. The van der Waals surface area contributed by atoms with Gasteiger partial charge in [-0.3, -0.25) is 9.59 Å². The molecule has 6 heteroatoms. The Bertz CT molecular complexity index is 838. The fraction of sp³-hybridized carbons (Fsp3) is 0.250. The van der Waals surface area contributed by atoms with Crippen LogP contribution in [-0.4, -0.2) is 24.5 Å². The first-order valence-electron chi connectivity index (χ1n) is 8.45. The summed E-state index contributed by atoms with van der Waals surface area (Å²) in [5, 5.41) is 11.6. The molecule has 0 saturated carbocycles. The van der Waals surface area contributed by atoms with Crippen LogP contribution >= 0.6 is 0 Å². The van der Waals surface area contributed by atoms with Gasteiger partial charge in [-0.1, -0.05) is 0 Å². The molecule has 1 atom stereocenters. The Hall–Kier alpha value is -3.33. The van der Waals surface area contributed by atoms with Gasteiger partial charge in [-0.15, -0.1) is 0 Å². The normalized spacial score (nSPS) is 14.6. The van der Waals surface area contributed by atoms with Crippen LogP contribution in [0, 0.1) is 11.3 Å². The van der Waals surface area contributed by atoms with E-state index < -0.39 is 6.10 Å². The predicted molar refractivity (Wildman–Crippen MR) is 97.9 cm³/mol. The number of nitrogens with zero attached hydrogens (tertiary/aromatic N) is 2. The lowest BCUT2D eigenvalue weighted by atomic mass is 10.2. The van der Waals surface area contributed by atoms with Gasteiger partial charge >= 0.3 is 0 Å². The van der Waals surface area contributed by atoms with Crippen molar-refractivity contribution in [2.45, 2.75) is 25.9 Å². The zero-order valence-electron chi connectivity index (χ0n) is 14.4. The zero-order chi connectivity index (χ0) is 18.5. The standard InChI is InChI=1S/C20H19N3O3/c1-14(26-18-10-4-15(13-21)5-11-18)20(25)22-16-6-8-17(9-7-16)23-12-2-3-19(23)24/h4-11,14H,2-3,12H2,1H3,(H,22,25)/t14-/m1/s1. The number of amides is 2. The van der Waals surface area contributed by atoms with Crippen LogP contribution in [-0.2, 0) is 9.59 Å². The number of hydrogen-bond acceptors (Lipinski definition) is 4. The average molecular weight is 349 g/mol. The molecule has 26 heavy (non-hydrogen) atoms. The van der Waals surface area contributed by atoms with Crippen LogP contribution in [0.2, 0.25) is 0 Å². The molecule has 0 aromatic heterocycles. The number of benzene rings is 2. The minimum absolute atomic E-state index is 0.131. The van der Waals surface area contributed by atoms with Crippen molar-refractivity contribution in [1.82, 2.24) is 0 Å². The molecule has 1 aliphatic heterocycles. The molecule has 3 rings (SSSR count). The molecule has 6 nitrogen and oxygen atoms in total. The van der Waals surface area contributed by atoms with Gasteiger partial charge in [0.15, 0.2) is 6.10 Å². The number of rotatable bonds is 5. The van der Waals surface area contributed by atoms with Gasteiger partial charge in [0.2, 0.25) is 5.91 Å². The summed E-state index contributed by atoms with van der Waals surface area (Å²) in [5.41, 5.74) is 2.01. The molecule has 1 saturated heterocycles. The Morgan fingerprint density at radius 3 is 2.46 bits per heavy atom. The van der Waals surface area contributed by atoms with Crippen LogP contribution in [0.15, 0.2) is 48.5 Å². The second-order valence-electron chi connectivity index (χ2n) is 6.08. The van der Waals surface area contributed by atoms with Crippen molar-refractivity contribution in [1.29, 1.82) is 5.26 Å². The quantitative estimate of drug-likeness (QED) is 0.899. The van der Waals surface area contributed by atoms with Crippen LogP contribution < -0.4 is 15.0 Å². The van der Waals surface area contributed by atoms with E-state index in [2.05, 4.69) is 5.32 Å². The number of anilines is 2. The molecule has 132 valence electrons. The van der Waals surface area contributed by atoms with Gasteiger partial charge in [0.25, 0.3) is 5.91 Å². The molecule has 0 bridgehead atoms. The van der Waals surface area contributed by atoms with Crippen molar-refractivity contribution in [2.24, 2.45) is 0 Å². The number of carbonyl (C=O) groups is 2. The molecule has 0 aliphatic carbocycles. The zero-order valence-corrected chi connectivity index (χ0v) is 14.4. The second-order valence-corrected chi connectivity index (χ2v) is 6.08. The van der Waals surface area contributed by atoms with E-state index in [1.54, 1.807) is 48.2 Å². The molecule has 0 radical (unpaired) electrons. The molecule has 2 aromatic carbocycles. The molecule has 1 heterocycles. The first kappa shape index (κ1) is 17.5. The van der Waals surface area contributed by atoms with Crippen LogP contribution in [0.1, 0.15) is 25.3 Å². The maximum Gasteiger partial charge on any atom is 0.265 e. The lowest BCUT2D eigenvalue weighted by Crippen LogP contribution is -2.30. The van der Waals surface area contributed by atoms with Crippen molar-refractivity contribution in [3.63, 3.8) is 0 Å². The van der Waals surface area contributed by atoms with Gasteiger partial charge < -0.3 is 15.0 Å². The summed E-state index contributed by atoms with van der Waals surface area (Å²) >= 11 is 0. The molecule has 1 aliphatic rings. The molecule has 1 fully saturated rings.